The van der Waals surface area contributed by atoms with Crippen LogP contribution in [-0.4, -0.2) is 29.3 Å². The average Bonchev–Trinajstić information content (AvgIpc) is 3.15. The molecule has 0 aromatic heterocycles. The Bertz CT molecular complexity index is 756. The van der Waals surface area contributed by atoms with E-state index in [1.54, 1.807) is 0 Å². The number of hydrogen-bond donors (Lipinski definition) is 0. The first-order valence-electron chi connectivity index (χ1n) is 12.8. The Kier molecular flexibility index (Phi) is 4.09. The van der Waals surface area contributed by atoms with E-state index in [1.165, 1.54) is 57.1 Å². The summed E-state index contributed by atoms with van der Waals surface area (Å²) in [5, 5.41) is 0. The maximum atomic E-state index is 12.1. The van der Waals surface area contributed by atoms with Gasteiger partial charge in [0, 0.05) is 25.0 Å². The lowest BCUT2D eigenvalue weighted by Crippen LogP contribution is -2.51. The fourth-order valence-corrected chi connectivity index (χ4v) is 10.3. The predicted octanol–water partition coefficient (Wildman–Crippen LogP) is 5.86. The second-order valence-corrected chi connectivity index (χ2v) is 12.6. The minimum atomic E-state index is 0.323. The van der Waals surface area contributed by atoms with Crippen LogP contribution < -0.4 is 0 Å². The lowest BCUT2D eigenvalue weighted by atomic mass is 9.46. The number of carbonyl (C=O) groups excluding carboxylic acids is 1. The summed E-state index contributed by atoms with van der Waals surface area (Å²) >= 11 is 0. The molecule has 10 atom stereocenters. The zero-order valence-corrected chi connectivity index (χ0v) is 19.1. The Labute approximate surface area is 177 Å². The summed E-state index contributed by atoms with van der Waals surface area (Å²) in [6.07, 6.45) is 13.8. The van der Waals surface area contributed by atoms with E-state index in [9.17, 15) is 4.79 Å². The van der Waals surface area contributed by atoms with Crippen molar-refractivity contribution in [1.82, 2.24) is 4.90 Å². The Hall–Kier alpha value is -0.630. The number of piperidine rings is 1. The van der Waals surface area contributed by atoms with Crippen molar-refractivity contribution in [3.8, 4) is 0 Å². The third-order valence-corrected chi connectivity index (χ3v) is 11.6. The van der Waals surface area contributed by atoms with Crippen LogP contribution in [0.5, 0.6) is 0 Å². The first kappa shape index (κ1) is 19.1. The van der Waals surface area contributed by atoms with Crippen molar-refractivity contribution in [1.29, 1.82) is 0 Å². The maximum absolute atomic E-state index is 12.1. The number of hydrogen-bond acceptors (Lipinski definition) is 2. The van der Waals surface area contributed by atoms with Crippen LogP contribution in [0.3, 0.4) is 0 Å². The van der Waals surface area contributed by atoms with Gasteiger partial charge in [-0.1, -0.05) is 33.3 Å². The average molecular weight is 396 g/mol. The number of fused-ring (bicyclic) bond motifs is 9. The van der Waals surface area contributed by atoms with Crippen LogP contribution in [0.2, 0.25) is 0 Å². The molecule has 2 heterocycles. The fourth-order valence-electron chi connectivity index (χ4n) is 10.3. The summed E-state index contributed by atoms with van der Waals surface area (Å²) in [5.74, 6) is 5.77. The molecule has 3 saturated carbocycles. The van der Waals surface area contributed by atoms with Gasteiger partial charge in [-0.3, -0.25) is 9.69 Å². The predicted molar refractivity (Wildman–Crippen MR) is 117 cm³/mol. The van der Waals surface area contributed by atoms with Crippen LogP contribution in [0.15, 0.2) is 11.6 Å². The minimum absolute atomic E-state index is 0.323. The fraction of sp³-hybridized carbons (Fsp3) is 0.889. The summed E-state index contributed by atoms with van der Waals surface area (Å²) in [6, 6.07) is 1.74. The normalized spacial score (nSPS) is 56.7. The number of allylic oxidation sites excluding steroid dienone is 1. The SMILES string of the molecule is C[C@@H]1CC[C@H]2[C@H](C)[C@@H]3[C@@H](C[C@@H]4[C@H]5CCC6=CC(=O)CC[C@]6(C)[C@@H]5CC[C@]34C)N2C1. The van der Waals surface area contributed by atoms with Crippen LogP contribution in [0, 0.1) is 46.3 Å². The van der Waals surface area contributed by atoms with E-state index in [0.717, 1.165) is 60.4 Å². The first-order valence-corrected chi connectivity index (χ1v) is 12.8. The van der Waals surface area contributed by atoms with Crippen molar-refractivity contribution < 1.29 is 4.79 Å². The second kappa shape index (κ2) is 6.21. The van der Waals surface area contributed by atoms with E-state index in [1.807, 2.05) is 0 Å². The van der Waals surface area contributed by atoms with Crippen molar-refractivity contribution in [2.75, 3.05) is 6.54 Å². The third kappa shape index (κ3) is 2.42. The molecule has 0 aromatic carbocycles. The second-order valence-electron chi connectivity index (χ2n) is 12.6. The summed E-state index contributed by atoms with van der Waals surface area (Å²) in [6.45, 7) is 11.7. The molecule has 29 heavy (non-hydrogen) atoms. The van der Waals surface area contributed by atoms with Crippen molar-refractivity contribution in [3.63, 3.8) is 0 Å². The molecule has 2 heteroatoms. The van der Waals surface area contributed by atoms with Gasteiger partial charge in [-0.2, -0.15) is 0 Å². The van der Waals surface area contributed by atoms with Gasteiger partial charge in [0.25, 0.3) is 0 Å². The molecular formula is C27H41NO. The minimum Gasteiger partial charge on any atom is -0.297 e. The standard InChI is InChI=1S/C27H41NO/c1-16-5-8-23-17(2)25-24(28(23)15-16)14-22-20-7-6-18-13-19(29)9-11-26(18,3)21(20)10-12-27(22,25)4/h13,16-17,20-25H,5-12,14-15H2,1-4H3/t16-,17+,20+,21-,22-,23+,24-,25-,26+,27+/m1/s1. The molecular weight excluding hydrogens is 354 g/mol. The number of ketones is 1. The highest BCUT2D eigenvalue weighted by Crippen LogP contribution is 2.70. The monoisotopic (exact) mass is 395 g/mol. The summed E-state index contributed by atoms with van der Waals surface area (Å²) < 4.78 is 0. The van der Waals surface area contributed by atoms with Crippen molar-refractivity contribution in [3.05, 3.63) is 11.6 Å². The molecule has 2 saturated heterocycles. The van der Waals surface area contributed by atoms with Gasteiger partial charge in [-0.15, -0.1) is 0 Å². The molecule has 2 aliphatic heterocycles. The molecule has 0 bridgehead atoms. The van der Waals surface area contributed by atoms with E-state index >= 15 is 0 Å². The van der Waals surface area contributed by atoms with Crippen LogP contribution in [0.25, 0.3) is 0 Å². The molecule has 6 aliphatic rings. The van der Waals surface area contributed by atoms with Gasteiger partial charge < -0.3 is 0 Å². The van der Waals surface area contributed by atoms with Gasteiger partial charge in [0.1, 0.15) is 0 Å². The summed E-state index contributed by atoms with van der Waals surface area (Å²) in [7, 11) is 0. The Morgan fingerprint density at radius 1 is 0.966 bits per heavy atom. The molecule has 0 amide bonds. The smallest absolute Gasteiger partial charge is 0.155 e. The van der Waals surface area contributed by atoms with Gasteiger partial charge in [-0.25, -0.2) is 0 Å². The van der Waals surface area contributed by atoms with E-state index in [0.29, 0.717) is 16.6 Å². The summed E-state index contributed by atoms with van der Waals surface area (Å²) in [4.78, 5) is 15.1. The zero-order valence-electron chi connectivity index (χ0n) is 19.1. The largest absolute Gasteiger partial charge is 0.297 e. The molecule has 5 fully saturated rings. The molecule has 6 rings (SSSR count). The number of rotatable bonds is 0. The lowest BCUT2D eigenvalue weighted by Gasteiger charge is -2.58. The molecule has 0 spiro atoms. The van der Waals surface area contributed by atoms with Crippen LogP contribution >= 0.6 is 0 Å². The van der Waals surface area contributed by atoms with E-state index in [2.05, 4.69) is 38.7 Å². The van der Waals surface area contributed by atoms with Crippen LogP contribution in [0.4, 0.5) is 0 Å². The van der Waals surface area contributed by atoms with E-state index < -0.39 is 0 Å². The highest BCUT2D eigenvalue weighted by atomic mass is 16.1. The third-order valence-electron chi connectivity index (χ3n) is 11.6. The van der Waals surface area contributed by atoms with Crippen LogP contribution in [0.1, 0.15) is 85.5 Å². The highest BCUT2D eigenvalue weighted by Gasteiger charge is 2.66. The van der Waals surface area contributed by atoms with Crippen molar-refractivity contribution in [2.45, 2.75) is 97.6 Å². The van der Waals surface area contributed by atoms with Gasteiger partial charge in [0.05, 0.1) is 0 Å². The molecule has 0 radical (unpaired) electrons. The number of carbonyl (C=O) groups is 1. The molecule has 2 nitrogen and oxygen atoms in total. The van der Waals surface area contributed by atoms with E-state index in [-0.39, 0.29) is 0 Å². The zero-order chi connectivity index (χ0) is 20.1. The Morgan fingerprint density at radius 3 is 2.62 bits per heavy atom. The summed E-state index contributed by atoms with van der Waals surface area (Å²) in [5.41, 5.74) is 2.41. The van der Waals surface area contributed by atoms with Crippen molar-refractivity contribution in [2.24, 2.45) is 46.3 Å². The Morgan fingerprint density at radius 2 is 1.79 bits per heavy atom. The van der Waals surface area contributed by atoms with Gasteiger partial charge in [-0.05, 0) is 104 Å². The number of nitrogens with zero attached hydrogens (tertiary/aromatic N) is 1. The van der Waals surface area contributed by atoms with Crippen LogP contribution in [-0.2, 0) is 4.79 Å². The highest BCUT2D eigenvalue weighted by molar-refractivity contribution is 5.91. The van der Waals surface area contributed by atoms with Gasteiger partial charge in [0.15, 0.2) is 5.78 Å². The molecule has 0 unspecified atom stereocenters. The maximum Gasteiger partial charge on any atom is 0.155 e. The molecule has 0 N–H and O–H groups in total. The van der Waals surface area contributed by atoms with E-state index in [4.69, 9.17) is 0 Å². The lowest BCUT2D eigenvalue weighted by molar-refractivity contribution is -0.117. The molecule has 160 valence electrons. The van der Waals surface area contributed by atoms with Gasteiger partial charge in [0.2, 0.25) is 0 Å². The Balaban J connectivity index is 1.33. The first-order chi connectivity index (χ1) is 13.8. The molecule has 0 aromatic rings. The van der Waals surface area contributed by atoms with Gasteiger partial charge >= 0.3 is 0 Å². The quantitative estimate of drug-likeness (QED) is 0.512. The van der Waals surface area contributed by atoms with Crippen molar-refractivity contribution >= 4 is 5.78 Å². The molecule has 4 aliphatic carbocycles. The topological polar surface area (TPSA) is 20.3 Å².